The summed E-state index contributed by atoms with van der Waals surface area (Å²) in [5.74, 6) is 0.794. The maximum atomic E-state index is 12.8. The highest BCUT2D eigenvalue weighted by atomic mass is 32.2. The van der Waals surface area contributed by atoms with E-state index in [1.165, 1.54) is 4.31 Å². The van der Waals surface area contributed by atoms with Gasteiger partial charge in [-0.2, -0.15) is 0 Å². The van der Waals surface area contributed by atoms with Crippen LogP contribution in [0.3, 0.4) is 0 Å². The van der Waals surface area contributed by atoms with Crippen LogP contribution in [0.25, 0.3) is 0 Å². The molecule has 1 aliphatic heterocycles. The van der Waals surface area contributed by atoms with Gasteiger partial charge in [0.25, 0.3) is 0 Å². The maximum Gasteiger partial charge on any atom is 0.239 e. The summed E-state index contributed by atoms with van der Waals surface area (Å²) in [5, 5.41) is 0. The number of hydrogen-bond acceptors (Lipinski definition) is 3. The van der Waals surface area contributed by atoms with Crippen LogP contribution in [-0.4, -0.2) is 22.1 Å². The van der Waals surface area contributed by atoms with Crippen molar-refractivity contribution < 1.29 is 13.2 Å². The second-order valence-corrected chi connectivity index (χ2v) is 7.39. The van der Waals surface area contributed by atoms with E-state index in [9.17, 15) is 8.42 Å². The van der Waals surface area contributed by atoms with Gasteiger partial charge in [-0.15, -0.1) is 0 Å². The molecule has 0 aliphatic carbocycles. The van der Waals surface area contributed by atoms with Crippen LogP contribution in [0.1, 0.15) is 16.7 Å². The molecule has 0 radical (unpaired) electrons. The van der Waals surface area contributed by atoms with E-state index in [4.69, 9.17) is 4.74 Å². The monoisotopic (exact) mass is 317 g/mol. The van der Waals surface area contributed by atoms with Gasteiger partial charge in [0, 0.05) is 6.54 Å². The molecule has 0 amide bonds. The van der Waals surface area contributed by atoms with Gasteiger partial charge in [0.1, 0.15) is 5.75 Å². The predicted molar refractivity (Wildman–Crippen MR) is 87.8 cm³/mol. The third-order valence-electron chi connectivity index (χ3n) is 4.07. The van der Waals surface area contributed by atoms with Crippen molar-refractivity contribution >= 4 is 15.7 Å². The van der Waals surface area contributed by atoms with Gasteiger partial charge in [-0.1, -0.05) is 24.3 Å². The topological polar surface area (TPSA) is 46.6 Å². The molecular formula is C17H19NO3S. The number of fused-ring (bicyclic) bond motifs is 1. The highest BCUT2D eigenvalue weighted by molar-refractivity contribution is 7.92. The highest BCUT2D eigenvalue weighted by Crippen LogP contribution is 2.34. The minimum atomic E-state index is -3.38. The molecule has 22 heavy (non-hydrogen) atoms. The van der Waals surface area contributed by atoms with Gasteiger partial charge >= 0.3 is 0 Å². The molecule has 3 rings (SSSR count). The number of ether oxygens (including phenoxy) is 1. The van der Waals surface area contributed by atoms with Crippen molar-refractivity contribution in [3.05, 3.63) is 59.2 Å². The van der Waals surface area contributed by atoms with Crippen molar-refractivity contribution in [3.8, 4) is 5.75 Å². The molecule has 5 heteroatoms. The Hall–Kier alpha value is -2.01. The normalized spacial score (nSPS) is 14.0. The van der Waals surface area contributed by atoms with E-state index in [0.717, 1.165) is 34.5 Å². The Labute approximate surface area is 131 Å². The molecule has 0 unspecified atom stereocenters. The average molecular weight is 317 g/mol. The van der Waals surface area contributed by atoms with Crippen LogP contribution in [0.4, 0.5) is 5.69 Å². The zero-order valence-corrected chi connectivity index (χ0v) is 13.6. The number of benzene rings is 2. The van der Waals surface area contributed by atoms with E-state index in [2.05, 4.69) is 0 Å². The lowest BCUT2D eigenvalue weighted by Gasteiger charge is -2.20. The molecule has 0 bridgehead atoms. The summed E-state index contributed by atoms with van der Waals surface area (Å²) in [6, 6.07) is 13.2. The van der Waals surface area contributed by atoms with Gasteiger partial charge in [0.15, 0.2) is 0 Å². The summed E-state index contributed by atoms with van der Waals surface area (Å²) in [6.45, 7) is 2.43. The standard InChI is InChI=1S/C17H19NO3S/c1-13-5-3-4-6-15(13)12-22(19,20)18-10-9-14-11-16(21-2)7-8-17(14)18/h3-8,11H,9-10,12H2,1-2H3. The minimum absolute atomic E-state index is 0.0329. The molecule has 1 aliphatic rings. The Morgan fingerprint density at radius 3 is 2.68 bits per heavy atom. The summed E-state index contributed by atoms with van der Waals surface area (Å²) < 4.78 is 32.3. The number of anilines is 1. The van der Waals surface area contributed by atoms with Crippen LogP contribution in [0.15, 0.2) is 42.5 Å². The Morgan fingerprint density at radius 1 is 1.18 bits per heavy atom. The number of nitrogens with zero attached hydrogens (tertiary/aromatic N) is 1. The first kappa shape index (κ1) is 14.9. The maximum absolute atomic E-state index is 12.8. The van der Waals surface area contributed by atoms with Gasteiger partial charge in [0.05, 0.1) is 18.6 Å². The lowest BCUT2D eigenvalue weighted by Crippen LogP contribution is -2.30. The molecular weight excluding hydrogens is 298 g/mol. The van der Waals surface area contributed by atoms with Crippen molar-refractivity contribution in [3.63, 3.8) is 0 Å². The lowest BCUT2D eigenvalue weighted by atomic mass is 10.1. The number of hydrogen-bond donors (Lipinski definition) is 0. The number of methoxy groups -OCH3 is 1. The molecule has 0 atom stereocenters. The first-order chi connectivity index (χ1) is 10.5. The second kappa shape index (κ2) is 5.65. The fourth-order valence-corrected chi connectivity index (χ4v) is 4.53. The fraction of sp³-hybridized carbons (Fsp3) is 0.294. The van der Waals surface area contributed by atoms with Crippen molar-refractivity contribution in [1.82, 2.24) is 0 Å². The Kier molecular flexibility index (Phi) is 3.83. The SMILES string of the molecule is COc1ccc2c(c1)CCN2S(=O)(=O)Cc1ccccc1C. The van der Waals surface area contributed by atoms with Crippen LogP contribution >= 0.6 is 0 Å². The van der Waals surface area contributed by atoms with E-state index in [-0.39, 0.29) is 5.75 Å². The fourth-order valence-electron chi connectivity index (χ4n) is 2.81. The van der Waals surface area contributed by atoms with E-state index < -0.39 is 10.0 Å². The van der Waals surface area contributed by atoms with Crippen LogP contribution in [0.5, 0.6) is 5.75 Å². The Morgan fingerprint density at radius 2 is 1.95 bits per heavy atom. The van der Waals surface area contributed by atoms with Crippen molar-refractivity contribution in [2.45, 2.75) is 19.1 Å². The van der Waals surface area contributed by atoms with Crippen molar-refractivity contribution in [1.29, 1.82) is 0 Å². The molecule has 0 fully saturated rings. The summed E-state index contributed by atoms with van der Waals surface area (Å²) in [7, 11) is -1.76. The van der Waals surface area contributed by atoms with Gasteiger partial charge in [-0.3, -0.25) is 4.31 Å². The smallest absolute Gasteiger partial charge is 0.239 e. The van der Waals surface area contributed by atoms with Gasteiger partial charge in [0.2, 0.25) is 10.0 Å². The van der Waals surface area contributed by atoms with Crippen LogP contribution < -0.4 is 9.04 Å². The van der Waals surface area contributed by atoms with E-state index in [1.54, 1.807) is 13.2 Å². The molecule has 4 nitrogen and oxygen atoms in total. The summed E-state index contributed by atoms with van der Waals surface area (Å²) in [5.41, 5.74) is 3.65. The molecule has 1 heterocycles. The Bertz CT molecular complexity index is 799. The zero-order chi connectivity index (χ0) is 15.7. The van der Waals surface area contributed by atoms with Gasteiger partial charge in [-0.05, 0) is 48.2 Å². The molecule has 2 aromatic rings. The van der Waals surface area contributed by atoms with Crippen molar-refractivity contribution in [2.75, 3.05) is 18.0 Å². The van der Waals surface area contributed by atoms with Gasteiger partial charge in [-0.25, -0.2) is 8.42 Å². The average Bonchev–Trinajstić information content (AvgIpc) is 2.93. The molecule has 0 aromatic heterocycles. The molecule has 116 valence electrons. The first-order valence-electron chi connectivity index (χ1n) is 7.23. The van der Waals surface area contributed by atoms with Crippen LogP contribution in [0, 0.1) is 6.92 Å². The van der Waals surface area contributed by atoms with Crippen LogP contribution in [0.2, 0.25) is 0 Å². The molecule has 0 saturated carbocycles. The second-order valence-electron chi connectivity index (χ2n) is 5.50. The summed E-state index contributed by atoms with van der Waals surface area (Å²) in [4.78, 5) is 0. The van der Waals surface area contributed by atoms with E-state index in [1.807, 2.05) is 43.3 Å². The third-order valence-corrected chi connectivity index (χ3v) is 5.80. The minimum Gasteiger partial charge on any atom is -0.497 e. The number of sulfonamides is 1. The first-order valence-corrected chi connectivity index (χ1v) is 8.84. The molecule has 0 N–H and O–H groups in total. The van der Waals surface area contributed by atoms with Gasteiger partial charge < -0.3 is 4.74 Å². The Balaban J connectivity index is 1.91. The van der Waals surface area contributed by atoms with Crippen LogP contribution in [-0.2, 0) is 22.2 Å². The number of rotatable bonds is 4. The van der Waals surface area contributed by atoms with E-state index in [0.29, 0.717) is 6.54 Å². The predicted octanol–water partition coefficient (Wildman–Crippen LogP) is 2.90. The molecule has 0 spiro atoms. The summed E-state index contributed by atoms with van der Waals surface area (Å²) in [6.07, 6.45) is 0.722. The van der Waals surface area contributed by atoms with Crippen molar-refractivity contribution in [2.24, 2.45) is 0 Å². The molecule has 2 aromatic carbocycles. The van der Waals surface area contributed by atoms with E-state index >= 15 is 0 Å². The zero-order valence-electron chi connectivity index (χ0n) is 12.7. The third kappa shape index (κ3) is 2.68. The largest absolute Gasteiger partial charge is 0.497 e. The lowest BCUT2D eigenvalue weighted by molar-refractivity contribution is 0.414. The molecule has 0 saturated heterocycles. The quantitative estimate of drug-likeness (QED) is 0.871. The highest BCUT2D eigenvalue weighted by Gasteiger charge is 2.30. The summed E-state index contributed by atoms with van der Waals surface area (Å²) >= 11 is 0. The number of aryl methyl sites for hydroxylation is 1.